The van der Waals surface area contributed by atoms with Gasteiger partial charge in [-0.2, -0.15) is 0 Å². The molecule has 11 heteroatoms. The molecule has 0 saturated carbocycles. The third-order valence-electron chi connectivity index (χ3n) is 5.55. The number of carbonyl (C=O) groups excluding carboxylic acids is 3. The van der Waals surface area contributed by atoms with Crippen LogP contribution in [0, 0.1) is 5.92 Å². The lowest BCUT2D eigenvalue weighted by Gasteiger charge is -2.32. The summed E-state index contributed by atoms with van der Waals surface area (Å²) in [6.45, 7) is 4.10. The Labute approximate surface area is 194 Å². The molecule has 0 spiro atoms. The average Bonchev–Trinajstić information content (AvgIpc) is 2.78. The second kappa shape index (κ2) is 12.0. The molecule has 1 aliphatic heterocycles. The smallest absolute Gasteiger partial charge is 0.410 e. The van der Waals surface area contributed by atoms with Crippen molar-refractivity contribution in [1.29, 1.82) is 0 Å². The number of hydrogen-bond donors (Lipinski definition) is 2. The molecule has 1 aromatic rings. The van der Waals surface area contributed by atoms with E-state index in [1.54, 1.807) is 13.8 Å². The van der Waals surface area contributed by atoms with Gasteiger partial charge in [-0.15, -0.1) is 0 Å². The van der Waals surface area contributed by atoms with Crippen LogP contribution in [0.15, 0.2) is 30.3 Å². The summed E-state index contributed by atoms with van der Waals surface area (Å²) in [5, 5.41) is 4.75. The van der Waals surface area contributed by atoms with Crippen LogP contribution in [-0.2, 0) is 35.5 Å². The van der Waals surface area contributed by atoms with Gasteiger partial charge in [0.25, 0.3) is 0 Å². The van der Waals surface area contributed by atoms with Gasteiger partial charge in [0.2, 0.25) is 5.91 Å². The first-order valence-corrected chi connectivity index (χ1v) is 12.5. The number of sulfone groups is 1. The zero-order chi connectivity index (χ0) is 24.6. The Kier molecular flexibility index (Phi) is 9.66. The molecular weight excluding hydrogens is 450 g/mol. The molecule has 10 nitrogen and oxygen atoms in total. The molecule has 0 aliphatic carbocycles. The summed E-state index contributed by atoms with van der Waals surface area (Å²) >= 11 is 0. The van der Waals surface area contributed by atoms with Gasteiger partial charge in [-0.3, -0.25) is 9.69 Å². The van der Waals surface area contributed by atoms with Crippen molar-refractivity contribution < 1.29 is 32.3 Å². The van der Waals surface area contributed by atoms with Gasteiger partial charge in [-0.25, -0.2) is 18.0 Å². The molecular formula is C22H33N3O7S. The van der Waals surface area contributed by atoms with Crippen molar-refractivity contribution in [2.24, 2.45) is 5.92 Å². The molecule has 1 aromatic carbocycles. The Balaban J connectivity index is 2.09. The van der Waals surface area contributed by atoms with Gasteiger partial charge in [0.05, 0.1) is 18.1 Å². The normalized spacial score (nSPS) is 19.2. The van der Waals surface area contributed by atoms with Crippen molar-refractivity contribution in [2.45, 2.75) is 44.2 Å². The maximum absolute atomic E-state index is 13.1. The number of rotatable bonds is 9. The minimum absolute atomic E-state index is 0.0376. The van der Waals surface area contributed by atoms with Gasteiger partial charge in [-0.05, 0) is 17.9 Å². The first-order valence-electron chi connectivity index (χ1n) is 10.8. The maximum Gasteiger partial charge on any atom is 0.410 e. The maximum atomic E-state index is 13.1. The molecule has 184 valence electrons. The molecule has 1 saturated heterocycles. The van der Waals surface area contributed by atoms with Crippen LogP contribution in [0.25, 0.3) is 0 Å². The second-order valence-electron chi connectivity index (χ2n) is 8.35. The van der Waals surface area contributed by atoms with Gasteiger partial charge < -0.3 is 20.1 Å². The molecule has 1 aliphatic rings. The lowest BCUT2D eigenvalue weighted by Crippen LogP contribution is -2.56. The van der Waals surface area contributed by atoms with E-state index in [4.69, 9.17) is 9.47 Å². The van der Waals surface area contributed by atoms with Gasteiger partial charge in [0.1, 0.15) is 18.7 Å². The van der Waals surface area contributed by atoms with Crippen molar-refractivity contribution in [2.75, 3.05) is 33.0 Å². The molecule has 1 fully saturated rings. The predicted molar refractivity (Wildman–Crippen MR) is 122 cm³/mol. The van der Waals surface area contributed by atoms with Crippen LogP contribution in [0.3, 0.4) is 0 Å². The van der Waals surface area contributed by atoms with E-state index in [1.807, 2.05) is 30.3 Å². The predicted octanol–water partition coefficient (Wildman–Crippen LogP) is 0.714. The molecule has 2 amide bonds. The molecule has 2 rings (SSSR count). The summed E-state index contributed by atoms with van der Waals surface area (Å²) in [6.07, 6.45) is -0.817. The number of nitrogens with one attached hydrogen (secondary N) is 2. The van der Waals surface area contributed by atoms with E-state index in [2.05, 4.69) is 10.6 Å². The number of likely N-dealkylation sites (N-methyl/N-ethyl adjacent to an activating group) is 1. The Morgan fingerprint density at radius 1 is 1.21 bits per heavy atom. The Morgan fingerprint density at radius 2 is 1.88 bits per heavy atom. The standard InChI is InChI=1S/C22H33N3O7S/c1-15(2)19(25(3)22(28)32-14-16-8-6-5-7-9-16)20(26)24-18(21(27)31-4)12-17-13-23-10-11-33(17,29)30/h5-9,15,17-19,23H,10-14H2,1-4H3,(H,24,26)/t17?,18?,19-/m0/s1. The largest absolute Gasteiger partial charge is 0.467 e. The van der Waals surface area contributed by atoms with E-state index in [1.165, 1.54) is 19.1 Å². The number of methoxy groups -OCH3 is 1. The molecule has 33 heavy (non-hydrogen) atoms. The van der Waals surface area contributed by atoms with Crippen LogP contribution < -0.4 is 10.6 Å². The summed E-state index contributed by atoms with van der Waals surface area (Å²) in [6, 6.07) is 7.02. The highest BCUT2D eigenvalue weighted by atomic mass is 32.2. The minimum Gasteiger partial charge on any atom is -0.467 e. The summed E-state index contributed by atoms with van der Waals surface area (Å²) in [5.41, 5.74) is 0.804. The zero-order valence-electron chi connectivity index (χ0n) is 19.4. The van der Waals surface area contributed by atoms with E-state index >= 15 is 0 Å². The monoisotopic (exact) mass is 483 g/mol. The lowest BCUT2D eigenvalue weighted by atomic mass is 10.0. The third-order valence-corrected chi connectivity index (χ3v) is 7.70. The van der Waals surface area contributed by atoms with Crippen LogP contribution in [0.4, 0.5) is 4.79 Å². The Morgan fingerprint density at radius 3 is 2.45 bits per heavy atom. The highest BCUT2D eigenvalue weighted by Gasteiger charge is 2.37. The van der Waals surface area contributed by atoms with E-state index in [-0.39, 0.29) is 31.2 Å². The summed E-state index contributed by atoms with van der Waals surface area (Å²) < 4.78 is 34.8. The SMILES string of the molecule is COC(=O)C(CC1CNCCS1(=O)=O)NC(=O)[C@H](C(C)C)N(C)C(=O)OCc1ccccc1. The summed E-state index contributed by atoms with van der Waals surface area (Å²) in [5.74, 6) is -1.69. The molecule has 0 bridgehead atoms. The Bertz CT molecular complexity index is 921. The van der Waals surface area contributed by atoms with Crippen LogP contribution in [0.5, 0.6) is 0 Å². The highest BCUT2D eigenvalue weighted by Crippen LogP contribution is 2.16. The first-order chi connectivity index (χ1) is 15.6. The van der Waals surface area contributed by atoms with Crippen molar-refractivity contribution >= 4 is 27.8 Å². The number of amides is 2. The van der Waals surface area contributed by atoms with Crippen LogP contribution in [0.1, 0.15) is 25.8 Å². The fourth-order valence-corrected chi connectivity index (χ4v) is 5.36. The second-order valence-corrected chi connectivity index (χ2v) is 10.8. The molecule has 3 atom stereocenters. The lowest BCUT2D eigenvalue weighted by molar-refractivity contribution is -0.146. The third kappa shape index (κ3) is 7.43. The van der Waals surface area contributed by atoms with E-state index in [0.717, 1.165) is 5.56 Å². The molecule has 0 aromatic heterocycles. The van der Waals surface area contributed by atoms with Gasteiger partial charge in [0.15, 0.2) is 9.84 Å². The van der Waals surface area contributed by atoms with Crippen molar-refractivity contribution in [3.63, 3.8) is 0 Å². The van der Waals surface area contributed by atoms with Gasteiger partial charge >= 0.3 is 12.1 Å². The highest BCUT2D eigenvalue weighted by molar-refractivity contribution is 7.92. The van der Waals surface area contributed by atoms with E-state index in [0.29, 0.717) is 6.54 Å². The van der Waals surface area contributed by atoms with Crippen LogP contribution in [-0.4, -0.2) is 81.6 Å². The minimum atomic E-state index is -3.40. The Hall–Kier alpha value is -2.66. The summed E-state index contributed by atoms with van der Waals surface area (Å²) in [4.78, 5) is 39.2. The van der Waals surface area contributed by atoms with Gasteiger partial charge in [0, 0.05) is 20.1 Å². The van der Waals surface area contributed by atoms with Crippen molar-refractivity contribution in [3.8, 4) is 0 Å². The van der Waals surface area contributed by atoms with Gasteiger partial charge in [-0.1, -0.05) is 44.2 Å². The number of esters is 1. The number of hydrogen-bond acceptors (Lipinski definition) is 8. The molecule has 1 heterocycles. The van der Waals surface area contributed by atoms with E-state index < -0.39 is 45.1 Å². The quantitative estimate of drug-likeness (QED) is 0.491. The number of benzene rings is 1. The summed E-state index contributed by atoms with van der Waals surface area (Å²) in [7, 11) is -0.789. The zero-order valence-corrected chi connectivity index (χ0v) is 20.3. The fourth-order valence-electron chi connectivity index (χ4n) is 3.74. The molecule has 0 radical (unpaired) electrons. The average molecular weight is 484 g/mol. The van der Waals surface area contributed by atoms with E-state index in [9.17, 15) is 22.8 Å². The first kappa shape index (κ1) is 26.6. The van der Waals surface area contributed by atoms with Crippen LogP contribution in [0.2, 0.25) is 0 Å². The fraction of sp³-hybridized carbons (Fsp3) is 0.591. The number of ether oxygens (including phenoxy) is 2. The van der Waals surface area contributed by atoms with Crippen LogP contribution >= 0.6 is 0 Å². The van der Waals surface area contributed by atoms with Crippen molar-refractivity contribution in [3.05, 3.63) is 35.9 Å². The number of nitrogens with zero attached hydrogens (tertiary/aromatic N) is 1. The van der Waals surface area contributed by atoms with Crippen molar-refractivity contribution in [1.82, 2.24) is 15.5 Å². The molecule has 2 N–H and O–H groups in total. The number of carbonyl (C=O) groups is 3. The topological polar surface area (TPSA) is 131 Å². The molecule has 2 unspecified atom stereocenters.